The number of carbonyl (C=O) groups is 1. The first-order valence-corrected chi connectivity index (χ1v) is 10.3. The Balaban J connectivity index is 1.75. The largest absolute Gasteiger partial charge is 0.384 e. The van der Waals surface area contributed by atoms with Crippen LogP contribution in [-0.2, 0) is 6.42 Å². The Morgan fingerprint density at radius 3 is 2.57 bits per heavy atom. The number of nitrogens with two attached hydrogens (primary N) is 1. The van der Waals surface area contributed by atoms with Gasteiger partial charge in [-0.1, -0.05) is 24.6 Å². The van der Waals surface area contributed by atoms with Crippen LogP contribution >= 0.6 is 11.6 Å². The summed E-state index contributed by atoms with van der Waals surface area (Å²) in [6.07, 6.45) is 4.01. The van der Waals surface area contributed by atoms with Gasteiger partial charge in [0.2, 0.25) is 0 Å². The van der Waals surface area contributed by atoms with Gasteiger partial charge in [0.25, 0.3) is 5.91 Å². The second-order valence-electron chi connectivity index (χ2n) is 7.11. The molecule has 3 heterocycles. The molecule has 0 aliphatic carbocycles. The fraction of sp³-hybridized carbons (Fsp3) is 0.273. The summed E-state index contributed by atoms with van der Waals surface area (Å²) >= 11 is 6.55. The Hall–Kier alpha value is -3.03. The van der Waals surface area contributed by atoms with Crippen molar-refractivity contribution in [1.29, 1.82) is 0 Å². The number of piperazine rings is 1. The number of nitrogens with zero attached hydrogens (tertiary/aromatic N) is 4. The number of hydrogen-bond donors (Lipinski definition) is 2. The zero-order valence-electron chi connectivity index (χ0n) is 16.7. The standard InChI is InChI=1S/C22H23ClN6O/c1-2-18-20(15-4-6-19(24)26-12-15)21(28-13-27-18)14-3-5-16(17(23)11-14)22(30)29-9-7-25-8-10-29/h3-6,11-13,25H,2,7-10H2,1H3,(H2,24,26). The zero-order valence-corrected chi connectivity index (χ0v) is 17.5. The summed E-state index contributed by atoms with van der Waals surface area (Å²) in [6.45, 7) is 4.98. The first-order valence-electron chi connectivity index (χ1n) is 9.94. The highest BCUT2D eigenvalue weighted by Crippen LogP contribution is 2.34. The fourth-order valence-corrected chi connectivity index (χ4v) is 3.90. The highest BCUT2D eigenvalue weighted by atomic mass is 35.5. The second kappa shape index (κ2) is 8.77. The van der Waals surface area contributed by atoms with Gasteiger partial charge in [0.1, 0.15) is 12.1 Å². The number of benzene rings is 1. The second-order valence-corrected chi connectivity index (χ2v) is 7.51. The maximum Gasteiger partial charge on any atom is 0.255 e. The molecule has 3 aromatic rings. The number of hydrogen-bond acceptors (Lipinski definition) is 6. The molecular formula is C22H23ClN6O. The van der Waals surface area contributed by atoms with Crippen LogP contribution in [-0.4, -0.2) is 51.9 Å². The minimum Gasteiger partial charge on any atom is -0.384 e. The zero-order chi connectivity index (χ0) is 21.1. The van der Waals surface area contributed by atoms with E-state index in [1.165, 1.54) is 0 Å². The lowest BCUT2D eigenvalue weighted by Crippen LogP contribution is -2.46. The molecule has 7 nitrogen and oxygen atoms in total. The van der Waals surface area contributed by atoms with Gasteiger partial charge in [-0.3, -0.25) is 4.79 Å². The number of aromatic nitrogens is 3. The summed E-state index contributed by atoms with van der Waals surface area (Å²) in [6, 6.07) is 9.13. The molecule has 0 radical (unpaired) electrons. The van der Waals surface area contributed by atoms with Gasteiger partial charge in [-0.05, 0) is 30.7 Å². The molecule has 1 aromatic carbocycles. The third-order valence-corrected chi connectivity index (χ3v) is 5.53. The quantitative estimate of drug-likeness (QED) is 0.670. The van der Waals surface area contributed by atoms with Gasteiger partial charge >= 0.3 is 0 Å². The number of pyridine rings is 1. The van der Waals surface area contributed by atoms with Gasteiger partial charge in [0.15, 0.2) is 0 Å². The molecule has 0 atom stereocenters. The summed E-state index contributed by atoms with van der Waals surface area (Å²) in [5.74, 6) is 0.405. The molecule has 1 amide bonds. The van der Waals surface area contributed by atoms with Crippen molar-refractivity contribution < 1.29 is 4.79 Å². The van der Waals surface area contributed by atoms with Crippen molar-refractivity contribution in [3.63, 3.8) is 0 Å². The average molecular weight is 423 g/mol. The molecule has 8 heteroatoms. The number of aryl methyl sites for hydroxylation is 1. The minimum absolute atomic E-state index is 0.0482. The SMILES string of the molecule is CCc1ncnc(-c2ccc(C(=O)N3CCNCC3)c(Cl)c2)c1-c1ccc(N)nc1. The molecule has 2 aromatic heterocycles. The number of anilines is 1. The Labute approximate surface area is 180 Å². The Morgan fingerprint density at radius 2 is 1.90 bits per heavy atom. The normalized spacial score (nSPS) is 14.0. The van der Waals surface area contributed by atoms with Gasteiger partial charge in [0, 0.05) is 49.1 Å². The molecule has 1 aliphatic heterocycles. The number of halogens is 1. The third kappa shape index (κ3) is 3.99. The molecule has 1 fully saturated rings. The average Bonchev–Trinajstić information content (AvgIpc) is 2.79. The van der Waals surface area contributed by atoms with E-state index in [-0.39, 0.29) is 5.91 Å². The number of amides is 1. The van der Waals surface area contributed by atoms with Gasteiger partial charge in [0.05, 0.1) is 22.0 Å². The molecule has 0 saturated carbocycles. The van der Waals surface area contributed by atoms with Gasteiger partial charge < -0.3 is 16.0 Å². The maximum atomic E-state index is 12.9. The summed E-state index contributed by atoms with van der Waals surface area (Å²) < 4.78 is 0. The van der Waals surface area contributed by atoms with E-state index in [2.05, 4.69) is 20.3 Å². The summed E-state index contributed by atoms with van der Waals surface area (Å²) in [4.78, 5) is 27.9. The smallest absolute Gasteiger partial charge is 0.255 e. The minimum atomic E-state index is -0.0482. The van der Waals surface area contributed by atoms with E-state index in [9.17, 15) is 4.79 Å². The molecular weight excluding hydrogens is 400 g/mol. The van der Waals surface area contributed by atoms with Crippen molar-refractivity contribution in [2.24, 2.45) is 0 Å². The van der Waals surface area contributed by atoms with Crippen LogP contribution in [0.25, 0.3) is 22.4 Å². The first-order chi connectivity index (χ1) is 14.6. The van der Waals surface area contributed by atoms with Crippen LogP contribution in [0.3, 0.4) is 0 Å². The predicted octanol–water partition coefficient (Wildman–Crippen LogP) is 3.05. The summed E-state index contributed by atoms with van der Waals surface area (Å²) in [7, 11) is 0. The lowest BCUT2D eigenvalue weighted by atomic mass is 9.97. The number of nitrogen functional groups attached to an aromatic ring is 1. The molecule has 1 saturated heterocycles. The first kappa shape index (κ1) is 20.3. The Morgan fingerprint density at radius 1 is 1.13 bits per heavy atom. The van der Waals surface area contributed by atoms with Crippen LogP contribution in [0.2, 0.25) is 5.02 Å². The molecule has 4 rings (SSSR count). The lowest BCUT2D eigenvalue weighted by molar-refractivity contribution is 0.0736. The highest BCUT2D eigenvalue weighted by Gasteiger charge is 2.22. The molecule has 30 heavy (non-hydrogen) atoms. The van der Waals surface area contributed by atoms with Crippen LogP contribution in [0.15, 0.2) is 42.9 Å². The number of carbonyl (C=O) groups excluding carboxylic acids is 1. The van der Waals surface area contributed by atoms with E-state index in [1.807, 2.05) is 24.0 Å². The van der Waals surface area contributed by atoms with Crippen molar-refractivity contribution in [2.75, 3.05) is 31.9 Å². The predicted molar refractivity (Wildman–Crippen MR) is 118 cm³/mol. The molecule has 0 bridgehead atoms. The van der Waals surface area contributed by atoms with E-state index in [0.29, 0.717) is 29.5 Å². The van der Waals surface area contributed by atoms with Crippen LogP contribution in [0.4, 0.5) is 5.82 Å². The van der Waals surface area contributed by atoms with Crippen LogP contribution in [0, 0.1) is 0 Å². The Kier molecular flexibility index (Phi) is 5.92. The van der Waals surface area contributed by atoms with E-state index in [0.717, 1.165) is 47.6 Å². The van der Waals surface area contributed by atoms with Gasteiger partial charge in [-0.2, -0.15) is 0 Å². The topological polar surface area (TPSA) is 97.0 Å². The van der Waals surface area contributed by atoms with Crippen LogP contribution in [0.5, 0.6) is 0 Å². The third-order valence-electron chi connectivity index (χ3n) is 5.21. The summed E-state index contributed by atoms with van der Waals surface area (Å²) in [5.41, 5.74) is 10.5. The molecule has 154 valence electrons. The van der Waals surface area contributed by atoms with E-state index in [4.69, 9.17) is 17.3 Å². The lowest BCUT2D eigenvalue weighted by Gasteiger charge is -2.27. The van der Waals surface area contributed by atoms with Crippen molar-refractivity contribution in [3.05, 3.63) is 59.1 Å². The van der Waals surface area contributed by atoms with Crippen molar-refractivity contribution in [1.82, 2.24) is 25.2 Å². The van der Waals surface area contributed by atoms with Gasteiger partial charge in [-0.15, -0.1) is 0 Å². The molecule has 0 spiro atoms. The molecule has 1 aliphatic rings. The van der Waals surface area contributed by atoms with Crippen molar-refractivity contribution in [3.8, 4) is 22.4 Å². The van der Waals surface area contributed by atoms with Crippen molar-refractivity contribution >= 4 is 23.3 Å². The Bertz CT molecular complexity index is 1060. The van der Waals surface area contributed by atoms with Crippen molar-refractivity contribution in [2.45, 2.75) is 13.3 Å². The maximum absolute atomic E-state index is 12.9. The van der Waals surface area contributed by atoms with Gasteiger partial charge in [-0.25, -0.2) is 15.0 Å². The number of nitrogens with one attached hydrogen (secondary N) is 1. The molecule has 3 N–H and O–H groups in total. The molecule has 0 unspecified atom stereocenters. The van der Waals surface area contributed by atoms with Crippen LogP contribution < -0.4 is 11.1 Å². The fourth-order valence-electron chi connectivity index (χ4n) is 3.64. The highest BCUT2D eigenvalue weighted by molar-refractivity contribution is 6.34. The monoisotopic (exact) mass is 422 g/mol. The number of rotatable bonds is 4. The van der Waals surface area contributed by atoms with E-state index >= 15 is 0 Å². The van der Waals surface area contributed by atoms with Crippen LogP contribution in [0.1, 0.15) is 23.0 Å². The van der Waals surface area contributed by atoms with E-state index < -0.39 is 0 Å². The van der Waals surface area contributed by atoms with E-state index in [1.54, 1.807) is 30.7 Å². The summed E-state index contributed by atoms with van der Waals surface area (Å²) in [5, 5.41) is 3.66.